The molecular weight excluding hydrogens is 152 g/mol. The lowest BCUT2D eigenvalue weighted by Crippen LogP contribution is -2.28. The first-order valence-corrected chi connectivity index (χ1v) is 4.68. The van der Waals surface area contributed by atoms with E-state index in [9.17, 15) is 4.79 Å². The van der Waals surface area contributed by atoms with Crippen LogP contribution in [0.4, 0.5) is 0 Å². The molecule has 0 radical (unpaired) electrons. The predicted octanol–water partition coefficient (Wildman–Crippen LogP) is 2.38. The molecule has 1 rings (SSSR count). The smallest absolute Gasteiger partial charge is 0.309 e. The maximum Gasteiger partial charge on any atom is 0.309 e. The topological polar surface area (TPSA) is 26.3 Å². The van der Waals surface area contributed by atoms with Gasteiger partial charge in [0.05, 0.1) is 12.5 Å². The zero-order chi connectivity index (χ0) is 9.19. The summed E-state index contributed by atoms with van der Waals surface area (Å²) < 4.78 is 5.10. The second-order valence-corrected chi connectivity index (χ2v) is 4.58. The summed E-state index contributed by atoms with van der Waals surface area (Å²) in [6.07, 6.45) is 3.13. The molecule has 1 aliphatic heterocycles. The van der Waals surface area contributed by atoms with Crippen molar-refractivity contribution in [2.45, 2.75) is 40.0 Å². The van der Waals surface area contributed by atoms with Crippen LogP contribution >= 0.6 is 0 Å². The van der Waals surface area contributed by atoms with Crippen LogP contribution in [0.5, 0.6) is 0 Å². The molecule has 0 aromatic carbocycles. The van der Waals surface area contributed by atoms with Gasteiger partial charge in [0.1, 0.15) is 0 Å². The minimum absolute atomic E-state index is 0.000000000000000222. The summed E-state index contributed by atoms with van der Waals surface area (Å²) in [5.74, 6) is 0.0972. The molecule has 0 aromatic rings. The Labute approximate surface area is 74.3 Å². The quantitative estimate of drug-likeness (QED) is 0.522. The minimum Gasteiger partial charge on any atom is -0.465 e. The number of ether oxygens (including phenoxy) is 1. The summed E-state index contributed by atoms with van der Waals surface area (Å²) in [4.78, 5) is 11.4. The van der Waals surface area contributed by atoms with Gasteiger partial charge in [0.2, 0.25) is 0 Å². The Morgan fingerprint density at radius 2 is 2.00 bits per heavy atom. The highest BCUT2D eigenvalue weighted by Crippen LogP contribution is 2.32. The first-order valence-electron chi connectivity index (χ1n) is 4.68. The van der Waals surface area contributed by atoms with Gasteiger partial charge in [-0.3, -0.25) is 4.79 Å². The highest BCUT2D eigenvalue weighted by molar-refractivity contribution is 5.73. The number of cyclic esters (lactones) is 1. The molecule has 0 aromatic heterocycles. The van der Waals surface area contributed by atoms with Gasteiger partial charge in [-0.25, -0.2) is 0 Å². The van der Waals surface area contributed by atoms with Crippen molar-refractivity contribution in [1.29, 1.82) is 0 Å². The third-order valence-electron chi connectivity index (χ3n) is 2.46. The van der Waals surface area contributed by atoms with Gasteiger partial charge in [-0.2, -0.15) is 0 Å². The van der Waals surface area contributed by atoms with Crippen molar-refractivity contribution in [2.75, 3.05) is 6.61 Å². The number of carbonyl (C=O) groups is 1. The van der Waals surface area contributed by atoms with Crippen LogP contribution in [0, 0.1) is 11.3 Å². The second-order valence-electron chi connectivity index (χ2n) is 4.58. The van der Waals surface area contributed by atoms with Gasteiger partial charge >= 0.3 is 5.97 Å². The Hall–Kier alpha value is -0.530. The monoisotopic (exact) mass is 170 g/mol. The summed E-state index contributed by atoms with van der Waals surface area (Å²) in [6.45, 7) is 6.92. The first kappa shape index (κ1) is 9.56. The zero-order valence-electron chi connectivity index (χ0n) is 8.22. The van der Waals surface area contributed by atoms with Crippen LogP contribution in [0.2, 0.25) is 0 Å². The molecule has 1 saturated heterocycles. The molecule has 0 aliphatic carbocycles. The van der Waals surface area contributed by atoms with Crippen molar-refractivity contribution in [1.82, 2.24) is 0 Å². The van der Waals surface area contributed by atoms with Crippen molar-refractivity contribution in [3.8, 4) is 0 Å². The van der Waals surface area contributed by atoms with Crippen molar-refractivity contribution in [3.05, 3.63) is 0 Å². The van der Waals surface area contributed by atoms with Crippen LogP contribution in [0.1, 0.15) is 40.0 Å². The van der Waals surface area contributed by atoms with Crippen LogP contribution in [0.15, 0.2) is 0 Å². The van der Waals surface area contributed by atoms with Gasteiger partial charge in [0.15, 0.2) is 0 Å². The average Bonchev–Trinajstić information content (AvgIpc) is 2.11. The number of carbonyl (C=O) groups excluding carboxylic acids is 1. The standard InChI is InChI=1S/C10H18O2/c1-10(2,3)8-6-4-5-7-12-9(8)11/h8H,4-7H2,1-3H3. The maximum atomic E-state index is 11.4. The van der Waals surface area contributed by atoms with E-state index >= 15 is 0 Å². The van der Waals surface area contributed by atoms with E-state index in [-0.39, 0.29) is 17.3 Å². The summed E-state index contributed by atoms with van der Waals surface area (Å²) >= 11 is 0. The zero-order valence-corrected chi connectivity index (χ0v) is 8.22. The van der Waals surface area contributed by atoms with Crippen LogP contribution in [0.3, 0.4) is 0 Å². The van der Waals surface area contributed by atoms with Gasteiger partial charge in [0.25, 0.3) is 0 Å². The highest BCUT2D eigenvalue weighted by atomic mass is 16.5. The van der Waals surface area contributed by atoms with E-state index in [0.29, 0.717) is 6.61 Å². The molecule has 2 heteroatoms. The van der Waals surface area contributed by atoms with E-state index in [1.54, 1.807) is 0 Å². The summed E-state index contributed by atoms with van der Waals surface area (Å²) in [5.41, 5.74) is 0.0570. The molecule has 70 valence electrons. The summed E-state index contributed by atoms with van der Waals surface area (Å²) in [5, 5.41) is 0. The van der Waals surface area contributed by atoms with Crippen molar-refractivity contribution < 1.29 is 9.53 Å². The molecule has 12 heavy (non-hydrogen) atoms. The fourth-order valence-corrected chi connectivity index (χ4v) is 1.63. The molecule has 1 heterocycles. The first-order chi connectivity index (χ1) is 5.52. The van der Waals surface area contributed by atoms with E-state index in [1.807, 2.05) is 0 Å². The second kappa shape index (κ2) is 3.46. The van der Waals surface area contributed by atoms with Crippen LogP contribution in [-0.2, 0) is 9.53 Å². The van der Waals surface area contributed by atoms with Gasteiger partial charge < -0.3 is 4.74 Å². The Morgan fingerprint density at radius 3 is 2.58 bits per heavy atom. The number of hydrogen-bond acceptors (Lipinski definition) is 2. The van der Waals surface area contributed by atoms with E-state index in [0.717, 1.165) is 19.3 Å². The normalized spacial score (nSPS) is 26.2. The fraction of sp³-hybridized carbons (Fsp3) is 0.900. The maximum absolute atomic E-state index is 11.4. The largest absolute Gasteiger partial charge is 0.465 e. The van der Waals surface area contributed by atoms with Crippen LogP contribution < -0.4 is 0 Å². The van der Waals surface area contributed by atoms with E-state index in [2.05, 4.69) is 20.8 Å². The van der Waals surface area contributed by atoms with Crippen LogP contribution in [0.25, 0.3) is 0 Å². The third-order valence-corrected chi connectivity index (χ3v) is 2.46. The van der Waals surface area contributed by atoms with Gasteiger partial charge in [-0.1, -0.05) is 20.8 Å². The lowest BCUT2D eigenvalue weighted by molar-refractivity contribution is -0.151. The molecule has 0 bridgehead atoms. The molecule has 1 atom stereocenters. The lowest BCUT2D eigenvalue weighted by atomic mass is 9.78. The molecule has 0 spiro atoms. The number of esters is 1. The molecular formula is C10H18O2. The lowest BCUT2D eigenvalue weighted by Gasteiger charge is -2.26. The van der Waals surface area contributed by atoms with Gasteiger partial charge in [0, 0.05) is 0 Å². The minimum atomic E-state index is 0.000000000000000222. The predicted molar refractivity (Wildman–Crippen MR) is 47.8 cm³/mol. The molecule has 1 aliphatic rings. The molecule has 1 fully saturated rings. The van der Waals surface area contributed by atoms with Gasteiger partial charge in [-0.05, 0) is 24.7 Å². The van der Waals surface area contributed by atoms with Crippen molar-refractivity contribution >= 4 is 5.97 Å². The number of hydrogen-bond donors (Lipinski definition) is 0. The highest BCUT2D eigenvalue weighted by Gasteiger charge is 2.33. The Kier molecular flexibility index (Phi) is 2.76. The van der Waals surface area contributed by atoms with E-state index in [4.69, 9.17) is 4.74 Å². The average molecular weight is 170 g/mol. The summed E-state index contributed by atoms with van der Waals surface area (Å²) in [6, 6.07) is 0. The van der Waals surface area contributed by atoms with Crippen molar-refractivity contribution in [3.63, 3.8) is 0 Å². The van der Waals surface area contributed by atoms with Crippen molar-refractivity contribution in [2.24, 2.45) is 11.3 Å². The number of rotatable bonds is 0. The molecule has 1 unspecified atom stereocenters. The van der Waals surface area contributed by atoms with Gasteiger partial charge in [-0.15, -0.1) is 0 Å². The SMILES string of the molecule is CC(C)(C)C1CCCCOC1=O. The Balaban J connectivity index is 2.66. The molecule has 2 nitrogen and oxygen atoms in total. The Morgan fingerprint density at radius 1 is 1.33 bits per heavy atom. The van der Waals surface area contributed by atoms with Crippen LogP contribution in [-0.4, -0.2) is 12.6 Å². The molecule has 0 saturated carbocycles. The van der Waals surface area contributed by atoms with E-state index in [1.165, 1.54) is 0 Å². The Bertz CT molecular complexity index is 167. The fourth-order valence-electron chi connectivity index (χ4n) is 1.63. The summed E-state index contributed by atoms with van der Waals surface area (Å²) in [7, 11) is 0. The molecule has 0 N–H and O–H groups in total. The third kappa shape index (κ3) is 2.23. The molecule has 0 amide bonds. The van der Waals surface area contributed by atoms with E-state index < -0.39 is 0 Å².